The molecule has 7 heteroatoms. The van der Waals surface area contributed by atoms with Gasteiger partial charge in [0, 0.05) is 28.7 Å². The number of ether oxygens (including phenoxy) is 2. The fourth-order valence-corrected chi connectivity index (χ4v) is 4.33. The summed E-state index contributed by atoms with van der Waals surface area (Å²) in [4.78, 5) is 8.83. The average Bonchev–Trinajstić information content (AvgIpc) is 2.91. The van der Waals surface area contributed by atoms with Crippen molar-refractivity contribution in [3.63, 3.8) is 0 Å². The van der Waals surface area contributed by atoms with E-state index in [1.807, 2.05) is 66.7 Å². The highest BCUT2D eigenvalue weighted by Gasteiger charge is 2.34. The number of para-hydroxylation sites is 1. The molecule has 0 bridgehead atoms. The van der Waals surface area contributed by atoms with Crippen LogP contribution in [-0.2, 0) is 0 Å². The molecule has 182 valence electrons. The van der Waals surface area contributed by atoms with Crippen molar-refractivity contribution in [2.75, 3.05) is 12.4 Å². The Morgan fingerprint density at radius 2 is 1.89 bits per heavy atom. The van der Waals surface area contributed by atoms with Crippen molar-refractivity contribution in [2.24, 2.45) is 5.73 Å². The van der Waals surface area contributed by atoms with Crippen LogP contribution in [0.25, 0.3) is 10.9 Å². The van der Waals surface area contributed by atoms with Crippen LogP contribution in [0.3, 0.4) is 0 Å². The largest absolute Gasteiger partial charge is 0.493 e. The van der Waals surface area contributed by atoms with Crippen LogP contribution in [-0.4, -0.2) is 33.8 Å². The van der Waals surface area contributed by atoms with Gasteiger partial charge in [-0.3, -0.25) is 0 Å². The monoisotopic (exact) mass is 480 g/mol. The van der Waals surface area contributed by atoms with E-state index >= 15 is 0 Å². The number of fused-ring (bicyclic) bond motifs is 1. The van der Waals surface area contributed by atoms with Gasteiger partial charge in [0.15, 0.2) is 11.5 Å². The molecule has 2 unspecified atom stereocenters. The van der Waals surface area contributed by atoms with Crippen molar-refractivity contribution in [3.05, 3.63) is 78.6 Å². The number of nitrogens with two attached hydrogens (primary N) is 1. The maximum Gasteiger partial charge on any atom is 0.169 e. The summed E-state index contributed by atoms with van der Waals surface area (Å²) in [6.07, 6.45) is 4.85. The van der Waals surface area contributed by atoms with Crippen LogP contribution in [0.5, 0.6) is 17.2 Å². The highest BCUT2D eigenvalue weighted by molar-refractivity contribution is 5.91. The Labute approximate surface area is 210 Å². The molecule has 3 aromatic carbocycles. The molecule has 1 aromatic heterocycles. The normalized spacial score (nSPS) is 19.2. The molecule has 0 radical (unpaired) electrons. The molecular weight excluding hydrogens is 452 g/mol. The SMILES string of the molecule is COc1cc(Nc2ncnc3ccc(C#CC4(O)CCCCC4N)cc23)ccc1Oc1ccccc1. The Morgan fingerprint density at radius 1 is 1.03 bits per heavy atom. The zero-order valence-corrected chi connectivity index (χ0v) is 20.1. The van der Waals surface area contributed by atoms with Gasteiger partial charge >= 0.3 is 0 Å². The first-order valence-corrected chi connectivity index (χ1v) is 12.0. The van der Waals surface area contributed by atoms with E-state index in [1.165, 1.54) is 6.33 Å². The van der Waals surface area contributed by atoms with Gasteiger partial charge in [0.2, 0.25) is 0 Å². The van der Waals surface area contributed by atoms with Crippen LogP contribution in [0.4, 0.5) is 11.5 Å². The summed E-state index contributed by atoms with van der Waals surface area (Å²) in [5.41, 5.74) is 7.33. The van der Waals surface area contributed by atoms with Gasteiger partial charge in [0.25, 0.3) is 0 Å². The van der Waals surface area contributed by atoms with Crippen LogP contribution in [0, 0.1) is 11.8 Å². The van der Waals surface area contributed by atoms with Crippen LogP contribution < -0.4 is 20.5 Å². The van der Waals surface area contributed by atoms with E-state index in [4.69, 9.17) is 15.2 Å². The second-order valence-corrected chi connectivity index (χ2v) is 8.89. The van der Waals surface area contributed by atoms with Crippen molar-refractivity contribution < 1.29 is 14.6 Å². The molecule has 1 saturated carbocycles. The molecule has 36 heavy (non-hydrogen) atoms. The minimum absolute atomic E-state index is 0.330. The van der Waals surface area contributed by atoms with Gasteiger partial charge in [0.05, 0.1) is 12.6 Å². The summed E-state index contributed by atoms with van der Waals surface area (Å²) in [6, 6.07) is 20.5. The molecule has 2 atom stereocenters. The second kappa shape index (κ2) is 10.2. The van der Waals surface area contributed by atoms with E-state index in [-0.39, 0.29) is 6.04 Å². The number of aliphatic hydroxyl groups is 1. The summed E-state index contributed by atoms with van der Waals surface area (Å²) < 4.78 is 11.5. The molecule has 4 N–H and O–H groups in total. The van der Waals surface area contributed by atoms with Gasteiger partial charge < -0.3 is 25.6 Å². The Morgan fingerprint density at radius 3 is 2.69 bits per heavy atom. The number of methoxy groups -OCH3 is 1. The molecule has 5 rings (SSSR count). The van der Waals surface area contributed by atoms with Crippen molar-refractivity contribution in [2.45, 2.75) is 37.3 Å². The number of hydrogen-bond donors (Lipinski definition) is 3. The predicted octanol–water partition coefficient (Wildman–Crippen LogP) is 5.16. The number of rotatable bonds is 5. The zero-order valence-electron chi connectivity index (χ0n) is 20.1. The molecule has 0 aliphatic heterocycles. The highest BCUT2D eigenvalue weighted by atomic mass is 16.5. The molecule has 1 heterocycles. The van der Waals surface area contributed by atoms with E-state index in [0.717, 1.165) is 47.2 Å². The van der Waals surface area contributed by atoms with Gasteiger partial charge in [-0.15, -0.1) is 0 Å². The molecule has 7 nitrogen and oxygen atoms in total. The number of nitrogens with one attached hydrogen (secondary N) is 1. The standard InChI is InChI=1S/C29H28N4O3/c1-35-26-18-21(11-13-25(26)36-22-7-3-2-4-8-22)33-28-23-17-20(10-12-24(23)31-19-32-28)14-16-29(34)15-6-5-9-27(29)30/h2-4,7-8,10-13,17-19,27,34H,5-6,9,15,30H2,1H3,(H,31,32,33). The molecule has 4 aromatic rings. The Hall–Kier alpha value is -4.12. The smallest absolute Gasteiger partial charge is 0.169 e. The van der Waals surface area contributed by atoms with Crippen molar-refractivity contribution >= 4 is 22.4 Å². The van der Waals surface area contributed by atoms with E-state index < -0.39 is 5.60 Å². The third kappa shape index (κ3) is 5.10. The van der Waals surface area contributed by atoms with Crippen LogP contribution in [0.2, 0.25) is 0 Å². The van der Waals surface area contributed by atoms with Gasteiger partial charge in [-0.1, -0.05) is 36.5 Å². The van der Waals surface area contributed by atoms with E-state index in [0.29, 0.717) is 23.7 Å². The van der Waals surface area contributed by atoms with E-state index in [2.05, 4.69) is 27.1 Å². The Kier molecular flexibility index (Phi) is 6.72. The van der Waals surface area contributed by atoms with Gasteiger partial charge in [-0.2, -0.15) is 0 Å². The van der Waals surface area contributed by atoms with Gasteiger partial charge in [0.1, 0.15) is 23.5 Å². The first-order valence-electron chi connectivity index (χ1n) is 12.0. The van der Waals surface area contributed by atoms with Crippen LogP contribution in [0.15, 0.2) is 73.1 Å². The minimum Gasteiger partial charge on any atom is -0.493 e. The third-order valence-electron chi connectivity index (χ3n) is 6.39. The van der Waals surface area contributed by atoms with Gasteiger partial charge in [-0.25, -0.2) is 9.97 Å². The number of anilines is 2. The number of aromatic nitrogens is 2. The average molecular weight is 481 g/mol. The fourth-order valence-electron chi connectivity index (χ4n) is 4.33. The maximum absolute atomic E-state index is 10.9. The highest BCUT2D eigenvalue weighted by Crippen LogP contribution is 2.35. The first-order chi connectivity index (χ1) is 17.5. The predicted molar refractivity (Wildman–Crippen MR) is 141 cm³/mol. The lowest BCUT2D eigenvalue weighted by atomic mass is 9.81. The van der Waals surface area contributed by atoms with Crippen molar-refractivity contribution in [1.82, 2.24) is 9.97 Å². The van der Waals surface area contributed by atoms with E-state index in [1.54, 1.807) is 7.11 Å². The lowest BCUT2D eigenvalue weighted by molar-refractivity contribution is 0.0409. The summed E-state index contributed by atoms with van der Waals surface area (Å²) in [5.74, 6) is 8.71. The molecule has 1 aliphatic carbocycles. The molecule has 0 spiro atoms. The Balaban J connectivity index is 1.42. The third-order valence-corrected chi connectivity index (χ3v) is 6.39. The molecule has 1 fully saturated rings. The summed E-state index contributed by atoms with van der Waals surface area (Å²) in [5, 5.41) is 15.0. The van der Waals surface area contributed by atoms with Crippen molar-refractivity contribution in [1.29, 1.82) is 0 Å². The van der Waals surface area contributed by atoms with Crippen molar-refractivity contribution in [3.8, 4) is 29.1 Å². The molecule has 1 aliphatic rings. The first kappa shape index (κ1) is 23.6. The lowest BCUT2D eigenvalue weighted by Gasteiger charge is -2.33. The maximum atomic E-state index is 10.9. The molecule has 0 saturated heterocycles. The number of benzene rings is 3. The summed E-state index contributed by atoms with van der Waals surface area (Å²) in [6.45, 7) is 0. The zero-order chi connectivity index (χ0) is 25.0. The molecular formula is C29H28N4O3. The van der Waals surface area contributed by atoms with Crippen LogP contribution in [0.1, 0.15) is 31.2 Å². The lowest BCUT2D eigenvalue weighted by Crippen LogP contribution is -2.49. The number of hydrogen-bond acceptors (Lipinski definition) is 7. The number of nitrogens with zero attached hydrogens (tertiary/aromatic N) is 2. The van der Waals surface area contributed by atoms with Gasteiger partial charge in [-0.05, 0) is 61.7 Å². The Bertz CT molecular complexity index is 1430. The van der Waals surface area contributed by atoms with Crippen LogP contribution >= 0.6 is 0 Å². The summed E-state index contributed by atoms with van der Waals surface area (Å²) >= 11 is 0. The quantitative estimate of drug-likeness (QED) is 0.339. The minimum atomic E-state index is -1.15. The second-order valence-electron chi connectivity index (χ2n) is 8.89. The molecule has 0 amide bonds. The fraction of sp³-hybridized carbons (Fsp3) is 0.241. The summed E-state index contributed by atoms with van der Waals surface area (Å²) in [7, 11) is 1.61. The topological polar surface area (TPSA) is 103 Å². The van der Waals surface area contributed by atoms with E-state index in [9.17, 15) is 5.11 Å².